The summed E-state index contributed by atoms with van der Waals surface area (Å²) in [6.07, 6.45) is 6.10. The van der Waals surface area contributed by atoms with E-state index in [-0.39, 0.29) is 51.5 Å². The summed E-state index contributed by atoms with van der Waals surface area (Å²) < 4.78 is 14.4. The van der Waals surface area contributed by atoms with Gasteiger partial charge in [-0.1, -0.05) is 15.9 Å². The molecule has 1 N–H and O–H groups in total. The molecule has 0 spiro atoms. The Kier molecular flexibility index (Phi) is 12.4. The number of alkyl halides is 1. The van der Waals surface area contributed by atoms with Gasteiger partial charge in [0.2, 0.25) is 0 Å². The lowest BCUT2D eigenvalue weighted by molar-refractivity contribution is -0.156. The Morgan fingerprint density at radius 3 is 1.85 bits per heavy atom. The maximum Gasteiger partial charge on any atom is 0.328 e. The molecule has 0 fully saturated rings. The van der Waals surface area contributed by atoms with E-state index in [1.807, 2.05) is 20.8 Å². The molecule has 220 valence electrons. The first-order chi connectivity index (χ1) is 18.0. The van der Waals surface area contributed by atoms with E-state index in [2.05, 4.69) is 41.2 Å². The number of aromatic nitrogens is 8. The number of nitrogens with zero attached hydrogens (tertiary/aromatic N) is 7. The summed E-state index contributed by atoms with van der Waals surface area (Å²) in [5.41, 5.74) is 0.593. The fourth-order valence-electron chi connectivity index (χ4n) is 3.10. The van der Waals surface area contributed by atoms with Crippen molar-refractivity contribution in [2.45, 2.75) is 59.3 Å². The van der Waals surface area contributed by atoms with Crippen LogP contribution in [0, 0.1) is 0 Å². The number of hydrogen-bond acceptors (Lipinski definition) is 10. The van der Waals surface area contributed by atoms with E-state index in [1.54, 1.807) is 50.3 Å². The summed E-state index contributed by atoms with van der Waals surface area (Å²) in [7, 11) is 3.49. The van der Waals surface area contributed by atoms with E-state index < -0.39 is 11.6 Å². The molecule has 40 heavy (non-hydrogen) atoms. The van der Waals surface area contributed by atoms with Crippen molar-refractivity contribution in [1.82, 2.24) is 39.1 Å². The zero-order chi connectivity index (χ0) is 29.5. The summed E-state index contributed by atoms with van der Waals surface area (Å²) in [5.74, 6) is -0.717. The average molecular weight is 690 g/mol. The predicted molar refractivity (Wildman–Crippen MR) is 158 cm³/mol. The molecule has 0 aromatic carbocycles. The minimum Gasteiger partial charge on any atom is -0.459 e. The molecule has 4 aromatic rings. The first-order valence-electron chi connectivity index (χ1n) is 11.7. The molecule has 4 rings (SSSR count). The van der Waals surface area contributed by atoms with Gasteiger partial charge >= 0.3 is 11.9 Å². The average Bonchev–Trinajstić information content (AvgIpc) is 3.38. The van der Waals surface area contributed by atoms with Gasteiger partial charge in [-0.25, -0.2) is 19.7 Å². The lowest BCUT2D eigenvalue weighted by Gasteiger charge is -2.19. The first-order valence-corrected chi connectivity index (χ1v) is 12.9. The highest BCUT2D eigenvalue weighted by molar-refractivity contribution is 9.09. The van der Waals surface area contributed by atoms with Crippen LogP contribution in [0.2, 0.25) is 0 Å². The number of fused-ring (bicyclic) bond motifs is 2. The van der Waals surface area contributed by atoms with Crippen molar-refractivity contribution in [3.63, 3.8) is 0 Å². The van der Waals surface area contributed by atoms with Crippen LogP contribution in [-0.4, -0.2) is 67.6 Å². The number of H-pyrrole nitrogens is 1. The number of ether oxygens (including phenoxy) is 2. The Balaban J connectivity index is 0.000000325. The minimum atomic E-state index is -0.586. The lowest BCUT2D eigenvalue weighted by atomic mass is 10.2. The maximum atomic E-state index is 12.1. The highest BCUT2D eigenvalue weighted by Crippen LogP contribution is 2.09. The van der Waals surface area contributed by atoms with E-state index in [0.717, 1.165) is 4.68 Å². The number of carbonyl (C=O) groups excluding carboxylic acids is 2. The third-order valence-electron chi connectivity index (χ3n) is 4.48. The van der Waals surface area contributed by atoms with Crippen molar-refractivity contribution >= 4 is 66.9 Å². The van der Waals surface area contributed by atoms with Gasteiger partial charge in [0.1, 0.15) is 45.1 Å². The summed E-state index contributed by atoms with van der Waals surface area (Å²) in [4.78, 5) is 53.5. The standard InChI is InChI=1S/C12H16N4O3.C6H11BrO2.C6H6N4O.BrH/c1-12(2,3)19-9(17)6-16-11(18)10-8(5-14-16)13-7-15(10)4;1-6(2,3)9-5(8)4-7;1-10-3-7-4-2-8-9-6(11)5(4)10;/h5,7H,6H2,1-4H3;4H2,1-3H3;2-3H,1H3,(H,9,11);1H. The third-order valence-corrected chi connectivity index (χ3v) is 4.94. The Bertz CT molecular complexity index is 1560. The van der Waals surface area contributed by atoms with Crippen molar-refractivity contribution in [2.24, 2.45) is 14.1 Å². The van der Waals surface area contributed by atoms with Crippen molar-refractivity contribution in [1.29, 1.82) is 0 Å². The van der Waals surface area contributed by atoms with Gasteiger partial charge in [-0.15, -0.1) is 17.0 Å². The normalized spacial score (nSPS) is 11.0. The van der Waals surface area contributed by atoms with Gasteiger partial charge in [-0.2, -0.15) is 10.2 Å². The number of carbonyl (C=O) groups is 2. The van der Waals surface area contributed by atoms with Crippen LogP contribution in [0.3, 0.4) is 0 Å². The van der Waals surface area contributed by atoms with Gasteiger partial charge in [0.05, 0.1) is 25.0 Å². The number of aromatic amines is 1. The second-order valence-corrected chi connectivity index (χ2v) is 10.9. The number of hydrogen-bond donors (Lipinski definition) is 1. The Morgan fingerprint density at radius 2 is 1.38 bits per heavy atom. The monoisotopic (exact) mass is 688 g/mol. The van der Waals surface area contributed by atoms with E-state index in [0.29, 0.717) is 22.1 Å². The number of halogens is 2. The van der Waals surface area contributed by atoms with Gasteiger partial charge in [-0.3, -0.25) is 19.2 Å². The second-order valence-electron chi connectivity index (χ2n) is 10.3. The Labute approximate surface area is 249 Å². The smallest absolute Gasteiger partial charge is 0.328 e. The molecule has 4 aromatic heterocycles. The molecule has 0 aliphatic heterocycles. The Morgan fingerprint density at radius 1 is 0.875 bits per heavy atom. The summed E-state index contributed by atoms with van der Waals surface area (Å²) in [5, 5.41) is 10.1. The second kappa shape index (κ2) is 14.3. The fraction of sp³-hybridized carbons (Fsp3) is 0.500. The van der Waals surface area contributed by atoms with Gasteiger partial charge in [0.15, 0.2) is 0 Å². The SMILES string of the molecule is Br.CC(C)(C)OC(=O)CBr.Cn1cnc2cn[nH]c(=O)c21.Cn1cnc2cnn(CC(=O)OC(C)(C)C)c(=O)c21. The highest BCUT2D eigenvalue weighted by atomic mass is 79.9. The molecule has 0 saturated carbocycles. The molecule has 0 amide bonds. The minimum absolute atomic E-state index is 0. The zero-order valence-corrected chi connectivity index (χ0v) is 26.9. The zero-order valence-electron chi connectivity index (χ0n) is 23.6. The van der Waals surface area contributed by atoms with Crippen LogP contribution in [0.15, 0.2) is 34.6 Å². The van der Waals surface area contributed by atoms with Gasteiger partial charge in [-0.05, 0) is 41.5 Å². The molecule has 0 radical (unpaired) electrons. The number of aryl methyl sites for hydroxylation is 2. The summed E-state index contributed by atoms with van der Waals surface area (Å²) >= 11 is 2.99. The molecule has 0 saturated heterocycles. The largest absolute Gasteiger partial charge is 0.459 e. The van der Waals surface area contributed by atoms with Crippen LogP contribution in [0.5, 0.6) is 0 Å². The van der Waals surface area contributed by atoms with Crippen LogP contribution in [0.1, 0.15) is 41.5 Å². The molecular formula is C24H34Br2N8O6. The van der Waals surface area contributed by atoms with E-state index in [9.17, 15) is 19.2 Å². The van der Waals surface area contributed by atoms with Crippen molar-refractivity contribution in [2.75, 3.05) is 5.33 Å². The van der Waals surface area contributed by atoms with Crippen molar-refractivity contribution in [3.05, 3.63) is 45.8 Å². The van der Waals surface area contributed by atoms with Crippen LogP contribution in [-0.2, 0) is 39.7 Å². The number of nitrogens with one attached hydrogen (secondary N) is 1. The third kappa shape index (κ3) is 10.3. The summed E-state index contributed by atoms with van der Waals surface area (Å²) in [6, 6.07) is 0. The Hall–Kier alpha value is -3.40. The van der Waals surface area contributed by atoms with Gasteiger partial charge in [0, 0.05) is 14.1 Å². The van der Waals surface area contributed by atoms with Crippen LogP contribution >= 0.6 is 32.9 Å². The molecule has 0 unspecified atom stereocenters. The number of imidazole rings is 2. The van der Waals surface area contributed by atoms with E-state index >= 15 is 0 Å². The van der Waals surface area contributed by atoms with Gasteiger partial charge < -0.3 is 18.6 Å². The van der Waals surface area contributed by atoms with Crippen molar-refractivity contribution in [3.8, 4) is 0 Å². The highest BCUT2D eigenvalue weighted by Gasteiger charge is 2.18. The molecule has 16 heteroatoms. The maximum absolute atomic E-state index is 12.1. The summed E-state index contributed by atoms with van der Waals surface area (Å²) in [6.45, 7) is 10.6. The first kappa shape index (κ1) is 34.6. The molecular weight excluding hydrogens is 656 g/mol. The number of esters is 2. The topological polar surface area (TPSA) is 169 Å². The molecule has 0 aliphatic rings. The molecule has 14 nitrogen and oxygen atoms in total. The van der Waals surface area contributed by atoms with Gasteiger partial charge in [0.25, 0.3) is 11.1 Å². The van der Waals surface area contributed by atoms with E-state index in [1.165, 1.54) is 18.7 Å². The quantitative estimate of drug-likeness (QED) is 0.249. The van der Waals surface area contributed by atoms with Crippen molar-refractivity contribution < 1.29 is 19.1 Å². The molecule has 0 aliphatic carbocycles. The lowest BCUT2D eigenvalue weighted by Crippen LogP contribution is -2.32. The van der Waals surface area contributed by atoms with E-state index in [4.69, 9.17) is 9.47 Å². The van der Waals surface area contributed by atoms with Crippen LogP contribution in [0.4, 0.5) is 0 Å². The molecule has 0 bridgehead atoms. The van der Waals surface area contributed by atoms with Crippen LogP contribution < -0.4 is 11.1 Å². The molecule has 0 atom stereocenters. The fourth-order valence-corrected chi connectivity index (χ4v) is 3.22. The molecule has 4 heterocycles. The number of rotatable bonds is 3. The predicted octanol–water partition coefficient (Wildman–Crippen LogP) is 2.43. The van der Waals surface area contributed by atoms with Crippen LogP contribution in [0.25, 0.3) is 22.1 Å².